The Kier molecular flexibility index (Phi) is 5.33. The Labute approximate surface area is 167 Å². The van der Waals surface area contributed by atoms with Crippen LogP contribution in [0.25, 0.3) is 0 Å². The summed E-state index contributed by atoms with van der Waals surface area (Å²) in [5.41, 5.74) is 3.05. The van der Waals surface area contributed by atoms with Gasteiger partial charge < -0.3 is 4.52 Å². The first-order chi connectivity index (χ1) is 13.4. The second-order valence-corrected chi connectivity index (χ2v) is 10.4. The minimum absolute atomic E-state index is 0.0704. The molecule has 2 aromatic rings. The standard InChI is InChI=1S/C21H29N3O3S/c1-17-20(18(2)27-22-17)13-23-11-6-9-21(15-23)10-12-24(16-21)28(25,26)14-19-7-4-3-5-8-19/h3-5,7-8H,6,9-16H2,1-2H3/t21-/m0/s1. The molecule has 2 aliphatic heterocycles. The van der Waals surface area contributed by atoms with Crippen molar-refractivity contribution in [3.8, 4) is 0 Å². The molecule has 0 aliphatic carbocycles. The lowest BCUT2D eigenvalue weighted by Crippen LogP contribution is -2.45. The van der Waals surface area contributed by atoms with Crippen LogP contribution in [0, 0.1) is 19.3 Å². The van der Waals surface area contributed by atoms with Crippen molar-refractivity contribution in [2.24, 2.45) is 5.41 Å². The van der Waals surface area contributed by atoms with Crippen LogP contribution in [0.1, 0.15) is 41.8 Å². The molecular weight excluding hydrogens is 374 g/mol. The van der Waals surface area contributed by atoms with E-state index in [-0.39, 0.29) is 11.2 Å². The maximum Gasteiger partial charge on any atom is 0.218 e. The first-order valence-electron chi connectivity index (χ1n) is 10.0. The Bertz CT molecular complexity index is 906. The predicted molar refractivity (Wildman–Crippen MR) is 108 cm³/mol. The highest BCUT2D eigenvalue weighted by molar-refractivity contribution is 7.88. The van der Waals surface area contributed by atoms with Crippen molar-refractivity contribution in [2.45, 2.75) is 45.4 Å². The van der Waals surface area contributed by atoms with Crippen molar-refractivity contribution in [3.63, 3.8) is 0 Å². The third kappa shape index (κ3) is 4.02. The zero-order valence-corrected chi connectivity index (χ0v) is 17.5. The number of aromatic nitrogens is 1. The van der Waals surface area contributed by atoms with Crippen molar-refractivity contribution in [1.82, 2.24) is 14.4 Å². The molecule has 1 aromatic carbocycles. The maximum atomic E-state index is 12.9. The number of likely N-dealkylation sites (tertiary alicyclic amines) is 1. The van der Waals surface area contributed by atoms with Crippen LogP contribution in [0.3, 0.4) is 0 Å². The Morgan fingerprint density at radius 3 is 2.61 bits per heavy atom. The second-order valence-electron chi connectivity index (χ2n) is 8.44. The van der Waals surface area contributed by atoms with Gasteiger partial charge in [-0.1, -0.05) is 35.5 Å². The fourth-order valence-corrected chi connectivity index (χ4v) is 6.37. The number of aryl methyl sites for hydroxylation is 2. The third-order valence-corrected chi connectivity index (χ3v) is 8.09. The van der Waals surface area contributed by atoms with Crippen molar-refractivity contribution in [3.05, 3.63) is 52.9 Å². The van der Waals surface area contributed by atoms with Gasteiger partial charge in [-0.3, -0.25) is 4.90 Å². The van der Waals surface area contributed by atoms with Gasteiger partial charge in [0.05, 0.1) is 11.4 Å². The van der Waals surface area contributed by atoms with Crippen molar-refractivity contribution in [1.29, 1.82) is 0 Å². The molecule has 2 aliphatic rings. The van der Waals surface area contributed by atoms with Crippen LogP contribution >= 0.6 is 0 Å². The number of benzene rings is 1. The summed E-state index contributed by atoms with van der Waals surface area (Å²) in [5, 5.41) is 4.07. The zero-order chi connectivity index (χ0) is 19.8. The van der Waals surface area contributed by atoms with Crippen molar-refractivity contribution >= 4 is 10.0 Å². The molecule has 2 fully saturated rings. The highest BCUT2D eigenvalue weighted by atomic mass is 32.2. The molecule has 0 N–H and O–H groups in total. The number of sulfonamides is 1. The number of piperidine rings is 1. The third-order valence-electron chi connectivity index (χ3n) is 6.29. The van der Waals surface area contributed by atoms with E-state index in [4.69, 9.17) is 4.52 Å². The minimum Gasteiger partial charge on any atom is -0.361 e. The van der Waals surface area contributed by atoms with Gasteiger partial charge in [0.25, 0.3) is 0 Å². The van der Waals surface area contributed by atoms with E-state index in [1.54, 1.807) is 4.31 Å². The molecule has 0 bridgehead atoms. The second kappa shape index (κ2) is 7.61. The minimum atomic E-state index is -3.28. The smallest absolute Gasteiger partial charge is 0.218 e. The van der Waals surface area contributed by atoms with E-state index in [1.165, 1.54) is 5.56 Å². The van der Waals surface area contributed by atoms with E-state index >= 15 is 0 Å². The van der Waals surface area contributed by atoms with Gasteiger partial charge in [-0.25, -0.2) is 12.7 Å². The number of hydrogen-bond acceptors (Lipinski definition) is 5. The first-order valence-corrected chi connectivity index (χ1v) is 11.6. The van der Waals surface area contributed by atoms with Crippen LogP contribution < -0.4 is 0 Å². The maximum absolute atomic E-state index is 12.9. The van der Waals surface area contributed by atoms with Gasteiger partial charge in [0.15, 0.2) is 0 Å². The van der Waals surface area contributed by atoms with Crippen LogP contribution in [0.2, 0.25) is 0 Å². The van der Waals surface area contributed by atoms with Gasteiger partial charge in [-0.2, -0.15) is 0 Å². The van der Waals surface area contributed by atoms with E-state index in [9.17, 15) is 8.42 Å². The van der Waals surface area contributed by atoms with Crippen LogP contribution in [-0.4, -0.2) is 49.0 Å². The van der Waals surface area contributed by atoms with Crippen LogP contribution in [0.5, 0.6) is 0 Å². The Morgan fingerprint density at radius 1 is 1.11 bits per heavy atom. The van der Waals surface area contributed by atoms with Crippen LogP contribution in [-0.2, 0) is 22.3 Å². The van der Waals surface area contributed by atoms with Crippen molar-refractivity contribution < 1.29 is 12.9 Å². The molecule has 0 amide bonds. The van der Waals surface area contributed by atoms with E-state index < -0.39 is 10.0 Å². The van der Waals surface area contributed by atoms with E-state index in [1.807, 2.05) is 44.2 Å². The number of nitrogens with zero attached hydrogens (tertiary/aromatic N) is 3. The molecule has 1 aromatic heterocycles. The molecule has 152 valence electrons. The Hall–Kier alpha value is -1.70. The van der Waals surface area contributed by atoms with Gasteiger partial charge >= 0.3 is 0 Å². The molecule has 1 spiro atoms. The SMILES string of the molecule is Cc1noc(C)c1CN1CCC[C@]2(CCN(S(=O)(=O)Cc3ccccc3)C2)C1. The topological polar surface area (TPSA) is 66.7 Å². The molecule has 28 heavy (non-hydrogen) atoms. The molecule has 6 nitrogen and oxygen atoms in total. The normalized spacial score (nSPS) is 24.2. The average Bonchev–Trinajstić information content (AvgIpc) is 3.21. The molecular formula is C21H29N3O3S. The molecule has 0 unspecified atom stereocenters. The van der Waals surface area contributed by atoms with E-state index in [0.717, 1.165) is 55.9 Å². The Balaban J connectivity index is 1.43. The quantitative estimate of drug-likeness (QED) is 0.767. The van der Waals surface area contributed by atoms with E-state index in [2.05, 4.69) is 10.1 Å². The number of hydrogen-bond donors (Lipinski definition) is 0. The predicted octanol–water partition coefficient (Wildman–Crippen LogP) is 3.11. The van der Waals surface area contributed by atoms with Gasteiger partial charge in [0, 0.05) is 31.7 Å². The van der Waals surface area contributed by atoms with Gasteiger partial charge in [-0.05, 0) is 50.6 Å². The van der Waals surface area contributed by atoms with Gasteiger partial charge in [0.2, 0.25) is 10.0 Å². The molecule has 4 rings (SSSR count). The Morgan fingerprint density at radius 2 is 1.89 bits per heavy atom. The molecule has 2 saturated heterocycles. The monoisotopic (exact) mass is 403 g/mol. The fraction of sp³-hybridized carbons (Fsp3) is 0.571. The largest absolute Gasteiger partial charge is 0.361 e. The van der Waals surface area contributed by atoms with Gasteiger partial charge in [0.1, 0.15) is 5.76 Å². The average molecular weight is 404 g/mol. The fourth-order valence-electron chi connectivity index (χ4n) is 4.74. The van der Waals surface area contributed by atoms with Gasteiger partial charge in [-0.15, -0.1) is 0 Å². The highest BCUT2D eigenvalue weighted by Crippen LogP contribution is 2.40. The van der Waals surface area contributed by atoms with Crippen LogP contribution in [0.15, 0.2) is 34.9 Å². The highest BCUT2D eigenvalue weighted by Gasteiger charge is 2.44. The molecule has 0 radical (unpaired) electrons. The number of rotatable bonds is 5. The molecule has 1 atom stereocenters. The summed E-state index contributed by atoms with van der Waals surface area (Å²) in [5.74, 6) is 0.975. The summed E-state index contributed by atoms with van der Waals surface area (Å²) >= 11 is 0. The lowest BCUT2D eigenvalue weighted by atomic mass is 9.79. The van der Waals surface area contributed by atoms with E-state index in [0.29, 0.717) is 13.1 Å². The molecule has 3 heterocycles. The first kappa shape index (κ1) is 19.6. The van der Waals surface area contributed by atoms with Crippen LogP contribution in [0.4, 0.5) is 0 Å². The summed E-state index contributed by atoms with van der Waals surface area (Å²) in [6, 6.07) is 9.47. The summed E-state index contributed by atoms with van der Waals surface area (Å²) in [7, 11) is -3.28. The summed E-state index contributed by atoms with van der Waals surface area (Å²) in [4.78, 5) is 2.45. The van der Waals surface area contributed by atoms with Crippen molar-refractivity contribution in [2.75, 3.05) is 26.2 Å². The zero-order valence-electron chi connectivity index (χ0n) is 16.7. The lowest BCUT2D eigenvalue weighted by Gasteiger charge is -2.40. The molecule has 7 heteroatoms. The summed E-state index contributed by atoms with van der Waals surface area (Å²) in [6.07, 6.45) is 3.15. The summed E-state index contributed by atoms with van der Waals surface area (Å²) in [6.45, 7) is 8.03. The summed E-state index contributed by atoms with van der Waals surface area (Å²) < 4.78 is 32.9. The molecule has 0 saturated carbocycles. The lowest BCUT2D eigenvalue weighted by molar-refractivity contribution is 0.0930.